The van der Waals surface area contributed by atoms with Crippen LogP contribution in [0, 0.1) is 29.6 Å². The van der Waals surface area contributed by atoms with E-state index in [1.165, 1.54) is 16.2 Å². The number of amides is 2. The summed E-state index contributed by atoms with van der Waals surface area (Å²) in [6.45, 7) is 0.151. The van der Waals surface area contributed by atoms with Crippen molar-refractivity contribution in [3.63, 3.8) is 0 Å². The predicted molar refractivity (Wildman–Crippen MR) is 132 cm³/mol. The minimum absolute atomic E-state index is 0.0156. The molecule has 6 rings (SSSR count). The zero-order valence-electron chi connectivity index (χ0n) is 19.8. The van der Waals surface area contributed by atoms with Gasteiger partial charge in [0.1, 0.15) is 0 Å². The van der Waals surface area contributed by atoms with Crippen LogP contribution in [0.1, 0.15) is 35.6 Å². The average Bonchev–Trinajstić information content (AvgIpc) is 3.58. The molecule has 36 heavy (non-hydrogen) atoms. The number of likely N-dealkylation sites (tertiary alicyclic amines) is 1. The second-order valence-electron chi connectivity index (χ2n) is 9.90. The standard InChI is InChI=1S/C25H26N2O7S2/c1-33-13-6-5-10(8-14(13)34-2)16-17-11-9-12(20(17)35-22-21(16)36-25(32)26-22)19-18(11)23(30)27(24(19)31)7-3-4-15(28)29/h5-6,8,11-12,16-20H,3-4,7,9H2,1-2H3,(H,26,32)(H,28,29)/t11-,12+,16+,17+,18+,19+,20+/m0/s1. The number of methoxy groups -OCH3 is 2. The van der Waals surface area contributed by atoms with Gasteiger partial charge in [-0.2, -0.15) is 0 Å². The molecule has 1 saturated heterocycles. The first-order valence-corrected chi connectivity index (χ1v) is 13.7. The van der Waals surface area contributed by atoms with E-state index in [9.17, 15) is 19.2 Å². The Morgan fingerprint density at radius 1 is 1.11 bits per heavy atom. The second kappa shape index (κ2) is 8.65. The first-order valence-electron chi connectivity index (χ1n) is 12.0. The minimum Gasteiger partial charge on any atom is -0.493 e. The van der Waals surface area contributed by atoms with E-state index in [2.05, 4.69) is 4.98 Å². The lowest BCUT2D eigenvalue weighted by Crippen LogP contribution is -2.42. The van der Waals surface area contributed by atoms with Crippen LogP contribution in [0.15, 0.2) is 28.0 Å². The number of carbonyl (C=O) groups excluding carboxylic acids is 2. The fraction of sp³-hybridized carbons (Fsp3) is 0.520. The summed E-state index contributed by atoms with van der Waals surface area (Å²) >= 11 is 2.85. The van der Waals surface area contributed by atoms with E-state index >= 15 is 0 Å². The SMILES string of the molecule is COc1ccc([C@H]2c3sc(=O)[nH]c3S[C@@H]3[C@@H]4C[C@H]([C@H]5C(=O)N(CCCC(=O)O)C(=O)[C@H]45)[C@H]23)cc1OC. The molecular formula is C25H26N2O7S2. The number of hydrogen-bond acceptors (Lipinski definition) is 8. The van der Waals surface area contributed by atoms with Gasteiger partial charge in [0.25, 0.3) is 0 Å². The van der Waals surface area contributed by atoms with Gasteiger partial charge in [-0.05, 0) is 48.3 Å². The van der Waals surface area contributed by atoms with Crippen molar-refractivity contribution in [3.8, 4) is 11.5 Å². The summed E-state index contributed by atoms with van der Waals surface area (Å²) in [5.74, 6) is -0.734. The van der Waals surface area contributed by atoms with Crippen molar-refractivity contribution in [2.24, 2.45) is 29.6 Å². The third kappa shape index (κ3) is 3.35. The van der Waals surface area contributed by atoms with Gasteiger partial charge in [0.2, 0.25) is 11.8 Å². The molecule has 2 N–H and O–H groups in total. The highest BCUT2D eigenvalue weighted by atomic mass is 32.2. The Labute approximate surface area is 215 Å². The first-order chi connectivity index (χ1) is 17.3. The lowest BCUT2D eigenvalue weighted by atomic mass is 9.68. The van der Waals surface area contributed by atoms with Crippen LogP contribution in [0.5, 0.6) is 11.5 Å². The van der Waals surface area contributed by atoms with Crippen molar-refractivity contribution in [3.05, 3.63) is 38.3 Å². The molecule has 4 aliphatic rings. The van der Waals surface area contributed by atoms with Gasteiger partial charge in [-0.3, -0.25) is 24.1 Å². The molecule has 0 radical (unpaired) electrons. The molecule has 0 spiro atoms. The molecule has 2 bridgehead atoms. The van der Waals surface area contributed by atoms with Gasteiger partial charge in [0.15, 0.2) is 11.5 Å². The molecule has 2 amide bonds. The molecule has 3 heterocycles. The van der Waals surface area contributed by atoms with E-state index < -0.39 is 5.97 Å². The number of fused-ring (bicyclic) bond motifs is 9. The molecule has 1 aromatic carbocycles. The molecule has 7 atom stereocenters. The Bertz CT molecular complexity index is 1320. The van der Waals surface area contributed by atoms with Crippen molar-refractivity contribution < 1.29 is 29.0 Å². The van der Waals surface area contributed by atoms with Crippen LogP contribution in [0.3, 0.4) is 0 Å². The summed E-state index contributed by atoms with van der Waals surface area (Å²) in [7, 11) is 3.17. The number of aromatic amines is 1. The van der Waals surface area contributed by atoms with Gasteiger partial charge in [0.05, 0.1) is 31.1 Å². The van der Waals surface area contributed by atoms with Crippen molar-refractivity contribution in [2.75, 3.05) is 20.8 Å². The van der Waals surface area contributed by atoms with Gasteiger partial charge >= 0.3 is 10.8 Å². The van der Waals surface area contributed by atoms with Crippen LogP contribution in [0.2, 0.25) is 0 Å². The van der Waals surface area contributed by atoms with E-state index in [4.69, 9.17) is 14.6 Å². The minimum atomic E-state index is -0.935. The Kier molecular flexibility index (Phi) is 5.67. The number of hydrogen-bond donors (Lipinski definition) is 2. The number of imide groups is 1. The summed E-state index contributed by atoms with van der Waals surface area (Å²) in [4.78, 5) is 55.3. The Morgan fingerprint density at radius 2 is 1.83 bits per heavy atom. The predicted octanol–water partition coefficient (Wildman–Crippen LogP) is 2.79. The number of aliphatic carboxylic acids is 1. The maximum atomic E-state index is 13.5. The number of nitrogens with zero attached hydrogens (tertiary/aromatic N) is 1. The van der Waals surface area contributed by atoms with E-state index in [1.807, 2.05) is 18.2 Å². The topological polar surface area (TPSA) is 126 Å². The second-order valence-corrected chi connectivity index (χ2v) is 12.1. The highest BCUT2D eigenvalue weighted by Gasteiger charge is 2.69. The maximum Gasteiger partial charge on any atom is 0.305 e. The van der Waals surface area contributed by atoms with E-state index in [-0.39, 0.29) is 76.8 Å². The highest BCUT2D eigenvalue weighted by Crippen LogP contribution is 2.68. The molecule has 2 aliphatic heterocycles. The number of nitrogens with one attached hydrogen (secondary N) is 1. The molecule has 2 aliphatic carbocycles. The lowest BCUT2D eigenvalue weighted by Gasteiger charge is -2.43. The van der Waals surface area contributed by atoms with E-state index in [0.717, 1.165) is 21.9 Å². The monoisotopic (exact) mass is 530 g/mol. The number of carbonyl (C=O) groups is 3. The molecule has 11 heteroatoms. The first kappa shape index (κ1) is 23.6. The Morgan fingerprint density at radius 3 is 2.53 bits per heavy atom. The van der Waals surface area contributed by atoms with Crippen LogP contribution in [-0.2, 0) is 14.4 Å². The third-order valence-electron chi connectivity index (χ3n) is 8.35. The molecule has 3 fully saturated rings. The number of H-pyrrole nitrogens is 1. The third-order valence-corrected chi connectivity index (χ3v) is 10.9. The molecule has 2 aromatic rings. The number of aromatic nitrogens is 1. The van der Waals surface area contributed by atoms with Crippen molar-refractivity contribution in [1.29, 1.82) is 0 Å². The van der Waals surface area contributed by atoms with E-state index in [0.29, 0.717) is 11.5 Å². The summed E-state index contributed by atoms with van der Waals surface area (Å²) in [5.41, 5.74) is 0.999. The van der Waals surface area contributed by atoms with E-state index in [1.54, 1.807) is 26.0 Å². The lowest BCUT2D eigenvalue weighted by molar-refractivity contribution is -0.142. The zero-order chi connectivity index (χ0) is 25.3. The molecule has 0 unspecified atom stereocenters. The van der Waals surface area contributed by atoms with Crippen LogP contribution in [0.4, 0.5) is 0 Å². The van der Waals surface area contributed by atoms with Gasteiger partial charge in [-0.1, -0.05) is 17.4 Å². The normalized spacial score (nSPS) is 31.8. The van der Waals surface area contributed by atoms with Crippen LogP contribution >= 0.6 is 23.1 Å². The molecule has 9 nitrogen and oxygen atoms in total. The summed E-state index contributed by atoms with van der Waals surface area (Å²) in [6, 6.07) is 5.81. The van der Waals surface area contributed by atoms with Crippen LogP contribution in [-0.4, -0.2) is 58.8 Å². The van der Waals surface area contributed by atoms with Crippen LogP contribution in [0.25, 0.3) is 0 Å². The van der Waals surface area contributed by atoms with Crippen LogP contribution < -0.4 is 14.3 Å². The fourth-order valence-electron chi connectivity index (χ4n) is 7.11. The summed E-state index contributed by atoms with van der Waals surface area (Å²) in [5, 5.41) is 9.93. The number of rotatable bonds is 7. The molecule has 2 saturated carbocycles. The Balaban J connectivity index is 1.38. The number of carboxylic acid groups (broad SMARTS) is 1. The summed E-state index contributed by atoms with van der Waals surface area (Å²) in [6.07, 6.45) is 0.992. The molecule has 190 valence electrons. The largest absolute Gasteiger partial charge is 0.493 e. The zero-order valence-corrected chi connectivity index (χ0v) is 21.4. The van der Waals surface area contributed by atoms with Gasteiger partial charge < -0.3 is 19.6 Å². The van der Waals surface area contributed by atoms with Crippen molar-refractivity contribution in [2.45, 2.75) is 35.5 Å². The number of thioether (sulfide) groups is 1. The smallest absolute Gasteiger partial charge is 0.305 e. The highest BCUT2D eigenvalue weighted by molar-refractivity contribution is 8.00. The van der Waals surface area contributed by atoms with Gasteiger partial charge in [-0.15, -0.1) is 11.8 Å². The van der Waals surface area contributed by atoms with Gasteiger partial charge in [0, 0.05) is 29.0 Å². The quantitative estimate of drug-likeness (QED) is 0.524. The fourth-order valence-corrected chi connectivity index (χ4v) is 10.00. The number of thiazole rings is 1. The van der Waals surface area contributed by atoms with Crippen molar-refractivity contribution in [1.82, 2.24) is 9.88 Å². The van der Waals surface area contributed by atoms with Gasteiger partial charge in [-0.25, -0.2) is 0 Å². The maximum absolute atomic E-state index is 13.5. The molecule has 1 aromatic heterocycles. The number of benzene rings is 1. The average molecular weight is 531 g/mol. The number of carboxylic acids is 1. The van der Waals surface area contributed by atoms with Crippen molar-refractivity contribution >= 4 is 40.9 Å². The molecular weight excluding hydrogens is 504 g/mol. The Hall–Kier alpha value is -2.79. The number of ether oxygens (including phenoxy) is 2. The summed E-state index contributed by atoms with van der Waals surface area (Å²) < 4.78 is 11.0.